The Kier molecular flexibility index (Phi) is 5.52. The van der Waals surface area contributed by atoms with E-state index >= 15 is 0 Å². The quantitative estimate of drug-likeness (QED) is 0.830. The maximum Gasteiger partial charge on any atom is 0.232 e. The van der Waals surface area contributed by atoms with Crippen molar-refractivity contribution in [3.8, 4) is 5.88 Å². The van der Waals surface area contributed by atoms with Crippen LogP contribution in [-0.4, -0.2) is 31.9 Å². The van der Waals surface area contributed by atoms with Gasteiger partial charge in [-0.15, -0.1) is 0 Å². The molecule has 1 aromatic heterocycles. The Morgan fingerprint density at radius 1 is 1.56 bits per heavy atom. The van der Waals surface area contributed by atoms with E-state index in [1.54, 1.807) is 13.3 Å². The van der Waals surface area contributed by atoms with E-state index in [9.17, 15) is 0 Å². The van der Waals surface area contributed by atoms with E-state index in [0.717, 1.165) is 12.1 Å². The Bertz CT molecular complexity index is 334. The molecule has 0 aliphatic rings. The van der Waals surface area contributed by atoms with Crippen molar-refractivity contribution < 1.29 is 9.47 Å². The summed E-state index contributed by atoms with van der Waals surface area (Å²) >= 11 is 6.05. The van der Waals surface area contributed by atoms with Crippen molar-refractivity contribution in [3.63, 3.8) is 0 Å². The SMILES string of the molecule is CNCc1cnc(OC(C)COC)c(Cl)c1. The normalized spacial score (nSPS) is 12.5. The van der Waals surface area contributed by atoms with Crippen LogP contribution in [0.2, 0.25) is 5.02 Å². The lowest BCUT2D eigenvalue weighted by Crippen LogP contribution is -2.19. The maximum absolute atomic E-state index is 6.05. The Hall–Kier alpha value is -0.840. The van der Waals surface area contributed by atoms with Gasteiger partial charge in [0.05, 0.1) is 6.61 Å². The molecule has 0 saturated heterocycles. The molecule has 90 valence electrons. The van der Waals surface area contributed by atoms with Gasteiger partial charge in [0, 0.05) is 19.9 Å². The van der Waals surface area contributed by atoms with Crippen LogP contribution in [0.15, 0.2) is 12.3 Å². The first-order valence-corrected chi connectivity index (χ1v) is 5.49. The summed E-state index contributed by atoms with van der Waals surface area (Å²) < 4.78 is 10.5. The second kappa shape index (κ2) is 6.68. The van der Waals surface area contributed by atoms with E-state index in [0.29, 0.717) is 17.5 Å². The first-order valence-electron chi connectivity index (χ1n) is 5.12. The molecular formula is C11H17ClN2O2. The number of rotatable bonds is 6. The van der Waals surface area contributed by atoms with E-state index in [-0.39, 0.29) is 6.10 Å². The molecule has 1 atom stereocenters. The number of halogens is 1. The summed E-state index contributed by atoms with van der Waals surface area (Å²) in [7, 11) is 3.50. The van der Waals surface area contributed by atoms with E-state index in [1.807, 2.05) is 20.0 Å². The molecule has 1 N–H and O–H groups in total. The number of aromatic nitrogens is 1. The highest BCUT2D eigenvalue weighted by molar-refractivity contribution is 6.31. The fourth-order valence-electron chi connectivity index (χ4n) is 1.31. The van der Waals surface area contributed by atoms with E-state index in [1.165, 1.54) is 0 Å². The van der Waals surface area contributed by atoms with Gasteiger partial charge >= 0.3 is 0 Å². The van der Waals surface area contributed by atoms with Gasteiger partial charge in [-0.1, -0.05) is 11.6 Å². The molecule has 16 heavy (non-hydrogen) atoms. The summed E-state index contributed by atoms with van der Waals surface area (Å²) in [6.07, 6.45) is 1.68. The average molecular weight is 245 g/mol. The topological polar surface area (TPSA) is 43.4 Å². The Morgan fingerprint density at radius 2 is 2.31 bits per heavy atom. The van der Waals surface area contributed by atoms with Crippen molar-refractivity contribution in [2.24, 2.45) is 0 Å². The van der Waals surface area contributed by atoms with Gasteiger partial charge in [0.25, 0.3) is 0 Å². The van der Waals surface area contributed by atoms with Gasteiger partial charge in [0.2, 0.25) is 5.88 Å². The minimum Gasteiger partial charge on any atom is -0.471 e. The molecule has 0 aliphatic carbocycles. The number of nitrogens with one attached hydrogen (secondary N) is 1. The van der Waals surface area contributed by atoms with Gasteiger partial charge in [-0.25, -0.2) is 4.98 Å². The minimum absolute atomic E-state index is 0.0647. The Morgan fingerprint density at radius 3 is 2.88 bits per heavy atom. The average Bonchev–Trinajstić information content (AvgIpc) is 2.23. The van der Waals surface area contributed by atoms with Crippen LogP contribution in [0.25, 0.3) is 0 Å². The second-order valence-electron chi connectivity index (χ2n) is 3.54. The highest BCUT2D eigenvalue weighted by Crippen LogP contribution is 2.23. The fourth-order valence-corrected chi connectivity index (χ4v) is 1.55. The molecule has 0 radical (unpaired) electrons. The van der Waals surface area contributed by atoms with Crippen molar-refractivity contribution >= 4 is 11.6 Å². The molecule has 1 rings (SSSR count). The van der Waals surface area contributed by atoms with E-state index < -0.39 is 0 Å². The fraction of sp³-hybridized carbons (Fsp3) is 0.545. The molecule has 0 bridgehead atoms. The molecular weight excluding hydrogens is 228 g/mol. The largest absolute Gasteiger partial charge is 0.471 e. The van der Waals surface area contributed by atoms with Crippen molar-refractivity contribution in [2.75, 3.05) is 20.8 Å². The van der Waals surface area contributed by atoms with Crippen molar-refractivity contribution in [1.29, 1.82) is 0 Å². The van der Waals surface area contributed by atoms with Gasteiger partial charge in [0.15, 0.2) is 0 Å². The zero-order valence-electron chi connectivity index (χ0n) is 9.79. The molecule has 0 fully saturated rings. The zero-order valence-corrected chi connectivity index (χ0v) is 10.5. The lowest BCUT2D eigenvalue weighted by molar-refractivity contribution is 0.0890. The summed E-state index contributed by atoms with van der Waals surface area (Å²) in [6.45, 7) is 3.15. The third-order valence-electron chi connectivity index (χ3n) is 1.96. The van der Waals surface area contributed by atoms with Gasteiger partial charge in [-0.05, 0) is 25.6 Å². The van der Waals surface area contributed by atoms with Crippen LogP contribution in [0, 0.1) is 0 Å². The van der Waals surface area contributed by atoms with Crippen LogP contribution in [0.4, 0.5) is 0 Å². The smallest absolute Gasteiger partial charge is 0.232 e. The number of ether oxygens (including phenoxy) is 2. The lowest BCUT2D eigenvalue weighted by Gasteiger charge is -2.14. The van der Waals surface area contributed by atoms with E-state index in [2.05, 4.69) is 10.3 Å². The van der Waals surface area contributed by atoms with Gasteiger partial charge < -0.3 is 14.8 Å². The van der Waals surface area contributed by atoms with Crippen molar-refractivity contribution in [1.82, 2.24) is 10.3 Å². The van der Waals surface area contributed by atoms with Crippen molar-refractivity contribution in [2.45, 2.75) is 19.6 Å². The van der Waals surface area contributed by atoms with Crippen LogP contribution in [0.1, 0.15) is 12.5 Å². The number of methoxy groups -OCH3 is 1. The third kappa shape index (κ3) is 3.96. The molecule has 1 heterocycles. The van der Waals surface area contributed by atoms with Crippen LogP contribution >= 0.6 is 11.6 Å². The standard InChI is InChI=1S/C11H17ClN2O2/c1-8(7-15-3)16-11-10(12)4-9(5-13-2)6-14-11/h4,6,8,13H,5,7H2,1-3H3. The first kappa shape index (κ1) is 13.2. The molecule has 0 spiro atoms. The highest BCUT2D eigenvalue weighted by atomic mass is 35.5. The number of hydrogen-bond donors (Lipinski definition) is 1. The Balaban J connectivity index is 2.67. The molecule has 1 aromatic rings. The molecule has 0 aliphatic heterocycles. The molecule has 0 amide bonds. The lowest BCUT2D eigenvalue weighted by atomic mass is 10.3. The van der Waals surface area contributed by atoms with Crippen LogP contribution in [-0.2, 0) is 11.3 Å². The summed E-state index contributed by atoms with van der Waals surface area (Å²) in [5, 5.41) is 3.56. The van der Waals surface area contributed by atoms with Crippen molar-refractivity contribution in [3.05, 3.63) is 22.8 Å². The molecule has 5 heteroatoms. The van der Waals surface area contributed by atoms with Crippen LogP contribution in [0.5, 0.6) is 5.88 Å². The highest BCUT2D eigenvalue weighted by Gasteiger charge is 2.09. The summed E-state index contributed by atoms with van der Waals surface area (Å²) in [4.78, 5) is 4.17. The monoisotopic (exact) mass is 244 g/mol. The third-order valence-corrected chi connectivity index (χ3v) is 2.23. The van der Waals surface area contributed by atoms with Crippen LogP contribution < -0.4 is 10.1 Å². The zero-order chi connectivity index (χ0) is 12.0. The van der Waals surface area contributed by atoms with Gasteiger partial charge in [-0.2, -0.15) is 0 Å². The minimum atomic E-state index is -0.0647. The maximum atomic E-state index is 6.05. The number of pyridine rings is 1. The van der Waals surface area contributed by atoms with Gasteiger partial charge in [0.1, 0.15) is 11.1 Å². The number of hydrogen-bond acceptors (Lipinski definition) is 4. The molecule has 4 nitrogen and oxygen atoms in total. The summed E-state index contributed by atoms with van der Waals surface area (Å²) in [5.41, 5.74) is 1.03. The Labute approximate surface area is 101 Å². The first-order chi connectivity index (χ1) is 7.67. The molecule has 1 unspecified atom stereocenters. The molecule has 0 aromatic carbocycles. The predicted molar refractivity (Wildman–Crippen MR) is 64.0 cm³/mol. The summed E-state index contributed by atoms with van der Waals surface area (Å²) in [5.74, 6) is 0.450. The molecule has 0 saturated carbocycles. The number of nitrogens with zero attached hydrogens (tertiary/aromatic N) is 1. The second-order valence-corrected chi connectivity index (χ2v) is 3.95. The van der Waals surface area contributed by atoms with Crippen LogP contribution in [0.3, 0.4) is 0 Å². The summed E-state index contributed by atoms with van der Waals surface area (Å²) in [6, 6.07) is 1.85. The predicted octanol–water partition coefficient (Wildman–Crippen LogP) is 1.87. The van der Waals surface area contributed by atoms with E-state index in [4.69, 9.17) is 21.1 Å². The van der Waals surface area contributed by atoms with Gasteiger partial charge in [-0.3, -0.25) is 0 Å².